The lowest BCUT2D eigenvalue weighted by Gasteiger charge is -2.04. The van der Waals surface area contributed by atoms with Gasteiger partial charge in [0.25, 0.3) is 0 Å². The van der Waals surface area contributed by atoms with E-state index in [0.29, 0.717) is 0 Å². The maximum absolute atomic E-state index is 10.6. The molecule has 2 aromatic rings. The molecule has 3 heteroatoms. The summed E-state index contributed by atoms with van der Waals surface area (Å²) in [6.45, 7) is 0. The fourth-order valence-electron chi connectivity index (χ4n) is 1.49. The summed E-state index contributed by atoms with van der Waals surface area (Å²) in [5, 5.41) is 10.6. The van der Waals surface area contributed by atoms with Gasteiger partial charge in [0.05, 0.1) is 5.97 Å². The average Bonchev–Trinajstić information content (AvgIpc) is 2.30. The third kappa shape index (κ3) is 2.08. The Bertz CT molecular complexity index is 500. The number of rotatable bonds is 2. The Morgan fingerprint density at radius 3 is 2.00 bits per heavy atom. The number of benzene rings is 1. The van der Waals surface area contributed by atoms with E-state index in [1.165, 1.54) is 0 Å². The lowest BCUT2D eigenvalue weighted by Crippen LogP contribution is -2.25. The summed E-state index contributed by atoms with van der Waals surface area (Å²) < 4.78 is 1.94. The van der Waals surface area contributed by atoms with Crippen molar-refractivity contribution in [3.63, 3.8) is 0 Å². The van der Waals surface area contributed by atoms with E-state index in [1.807, 2.05) is 36.1 Å². The van der Waals surface area contributed by atoms with Crippen molar-refractivity contribution < 1.29 is 14.5 Å². The van der Waals surface area contributed by atoms with Gasteiger partial charge < -0.3 is 9.90 Å². The predicted octanol–water partition coefficient (Wildman–Crippen LogP) is 0.542. The molecular formula is C13H11NO2. The maximum Gasteiger partial charge on any atom is 0.169 e. The number of carboxylic acid groups (broad SMARTS) is 1. The number of carbonyl (C=O) groups excluding carboxylic acids is 1. The number of hydrogen-bond donors (Lipinski definition) is 0. The van der Waals surface area contributed by atoms with Crippen LogP contribution < -0.4 is 9.67 Å². The topological polar surface area (TPSA) is 44.0 Å². The van der Waals surface area contributed by atoms with E-state index < -0.39 is 5.97 Å². The minimum absolute atomic E-state index is 0.199. The standard InChI is InChI=1S/C13H11NO2/c1-14-8-6-11(7-9-14)10-2-4-12(5-3-10)13(15)16/h2-9H,1H3. The van der Waals surface area contributed by atoms with Gasteiger partial charge in [-0.2, -0.15) is 0 Å². The van der Waals surface area contributed by atoms with Crippen molar-refractivity contribution in [3.05, 3.63) is 54.4 Å². The molecule has 0 aliphatic rings. The van der Waals surface area contributed by atoms with E-state index in [-0.39, 0.29) is 5.56 Å². The molecule has 1 heterocycles. The van der Waals surface area contributed by atoms with Crippen LogP contribution >= 0.6 is 0 Å². The fourth-order valence-corrected chi connectivity index (χ4v) is 1.49. The second-order valence-electron chi connectivity index (χ2n) is 3.62. The fraction of sp³-hybridized carbons (Fsp3) is 0.0769. The first-order valence-corrected chi connectivity index (χ1v) is 4.94. The molecule has 1 aromatic carbocycles. The third-order valence-corrected chi connectivity index (χ3v) is 2.43. The molecule has 0 saturated carbocycles. The Balaban J connectivity index is 2.34. The van der Waals surface area contributed by atoms with Crippen LogP contribution in [0.25, 0.3) is 11.1 Å². The van der Waals surface area contributed by atoms with Gasteiger partial charge in [-0.15, -0.1) is 0 Å². The van der Waals surface area contributed by atoms with Crippen molar-refractivity contribution in [2.45, 2.75) is 0 Å². The molecule has 0 radical (unpaired) electrons. The molecule has 0 bridgehead atoms. The SMILES string of the molecule is C[n+]1ccc(-c2ccc(C(=O)[O-])cc2)cc1. The minimum atomic E-state index is -1.15. The summed E-state index contributed by atoms with van der Waals surface area (Å²) in [5.41, 5.74) is 2.25. The van der Waals surface area contributed by atoms with Crippen LogP contribution in [0.5, 0.6) is 0 Å². The van der Waals surface area contributed by atoms with Crippen molar-refractivity contribution in [1.29, 1.82) is 0 Å². The first-order valence-electron chi connectivity index (χ1n) is 4.94. The molecule has 1 aromatic heterocycles. The highest BCUT2D eigenvalue weighted by atomic mass is 16.4. The Hall–Kier alpha value is -2.16. The highest BCUT2D eigenvalue weighted by molar-refractivity contribution is 5.86. The van der Waals surface area contributed by atoms with Crippen LogP contribution in [-0.2, 0) is 7.05 Å². The number of carbonyl (C=O) groups is 1. The second-order valence-corrected chi connectivity index (χ2v) is 3.62. The first-order chi connectivity index (χ1) is 7.66. The summed E-state index contributed by atoms with van der Waals surface area (Å²) in [5.74, 6) is -1.15. The molecule has 3 nitrogen and oxygen atoms in total. The van der Waals surface area contributed by atoms with Gasteiger partial charge in [0.1, 0.15) is 7.05 Å². The van der Waals surface area contributed by atoms with Crippen molar-refractivity contribution in [2.75, 3.05) is 0 Å². The monoisotopic (exact) mass is 213 g/mol. The minimum Gasteiger partial charge on any atom is -0.545 e. The summed E-state index contributed by atoms with van der Waals surface area (Å²) in [7, 11) is 1.95. The molecule has 0 amide bonds. The van der Waals surface area contributed by atoms with Gasteiger partial charge in [-0.3, -0.25) is 0 Å². The lowest BCUT2D eigenvalue weighted by atomic mass is 10.1. The van der Waals surface area contributed by atoms with Crippen LogP contribution in [0.4, 0.5) is 0 Å². The number of nitrogens with zero attached hydrogens (tertiary/aromatic N) is 1. The molecule has 0 aliphatic heterocycles. The van der Waals surface area contributed by atoms with Crippen molar-refractivity contribution >= 4 is 5.97 Å². The van der Waals surface area contributed by atoms with Gasteiger partial charge in [-0.1, -0.05) is 24.3 Å². The normalized spacial score (nSPS) is 10.1. The number of aromatic nitrogens is 1. The maximum atomic E-state index is 10.6. The Kier molecular flexibility index (Phi) is 2.68. The molecule has 0 saturated heterocycles. The van der Waals surface area contributed by atoms with Crippen LogP contribution in [0.2, 0.25) is 0 Å². The highest BCUT2D eigenvalue weighted by Crippen LogP contribution is 2.17. The summed E-state index contributed by atoms with van der Waals surface area (Å²) in [4.78, 5) is 10.6. The quantitative estimate of drug-likeness (QED) is 0.683. The zero-order valence-corrected chi connectivity index (χ0v) is 8.88. The summed E-state index contributed by atoms with van der Waals surface area (Å²) in [6, 6.07) is 10.6. The van der Waals surface area contributed by atoms with Gasteiger partial charge in [-0.05, 0) is 16.7 Å². The van der Waals surface area contributed by atoms with Crippen LogP contribution in [0.3, 0.4) is 0 Å². The second kappa shape index (κ2) is 4.14. The van der Waals surface area contributed by atoms with E-state index >= 15 is 0 Å². The van der Waals surface area contributed by atoms with Crippen LogP contribution in [-0.4, -0.2) is 5.97 Å². The first kappa shape index (κ1) is 10.4. The molecule has 0 unspecified atom stereocenters. The molecule has 0 fully saturated rings. The van der Waals surface area contributed by atoms with Gasteiger partial charge in [0, 0.05) is 12.1 Å². The van der Waals surface area contributed by atoms with E-state index in [1.54, 1.807) is 24.3 Å². The third-order valence-electron chi connectivity index (χ3n) is 2.43. The largest absolute Gasteiger partial charge is 0.545 e. The molecule has 0 atom stereocenters. The van der Waals surface area contributed by atoms with E-state index in [4.69, 9.17) is 0 Å². The molecule has 0 spiro atoms. The molecule has 16 heavy (non-hydrogen) atoms. The number of pyridine rings is 1. The van der Waals surface area contributed by atoms with E-state index in [2.05, 4.69) is 0 Å². The highest BCUT2D eigenvalue weighted by Gasteiger charge is 2.00. The van der Waals surface area contributed by atoms with E-state index in [9.17, 15) is 9.90 Å². The van der Waals surface area contributed by atoms with Crippen LogP contribution in [0.1, 0.15) is 10.4 Å². The van der Waals surface area contributed by atoms with Crippen LogP contribution in [0.15, 0.2) is 48.8 Å². The molecule has 0 N–H and O–H groups in total. The van der Waals surface area contributed by atoms with Crippen LogP contribution in [0, 0.1) is 0 Å². The van der Waals surface area contributed by atoms with Crippen molar-refractivity contribution in [1.82, 2.24) is 0 Å². The van der Waals surface area contributed by atoms with Crippen molar-refractivity contribution in [3.8, 4) is 11.1 Å². The van der Waals surface area contributed by atoms with E-state index in [0.717, 1.165) is 11.1 Å². The number of hydrogen-bond acceptors (Lipinski definition) is 2. The molecule has 2 rings (SSSR count). The summed E-state index contributed by atoms with van der Waals surface area (Å²) >= 11 is 0. The van der Waals surface area contributed by atoms with Crippen molar-refractivity contribution in [2.24, 2.45) is 7.05 Å². The molecule has 80 valence electrons. The lowest BCUT2D eigenvalue weighted by molar-refractivity contribution is -0.671. The Morgan fingerprint density at radius 1 is 1.00 bits per heavy atom. The van der Waals surface area contributed by atoms with Gasteiger partial charge >= 0.3 is 0 Å². The number of carboxylic acids is 1. The number of aromatic carboxylic acids is 1. The number of aryl methyl sites for hydroxylation is 1. The smallest absolute Gasteiger partial charge is 0.169 e. The zero-order chi connectivity index (χ0) is 11.5. The zero-order valence-electron chi connectivity index (χ0n) is 8.88. The Labute approximate surface area is 93.6 Å². The van der Waals surface area contributed by atoms with Gasteiger partial charge in [0.2, 0.25) is 0 Å². The molecular weight excluding hydrogens is 202 g/mol. The summed E-state index contributed by atoms with van der Waals surface area (Å²) in [6.07, 6.45) is 3.89. The predicted molar refractivity (Wildman–Crippen MR) is 57.4 cm³/mol. The average molecular weight is 213 g/mol. The molecule has 0 aliphatic carbocycles. The Morgan fingerprint density at radius 2 is 1.50 bits per heavy atom. The van der Waals surface area contributed by atoms with Gasteiger partial charge in [0.15, 0.2) is 12.4 Å². The van der Waals surface area contributed by atoms with Gasteiger partial charge in [-0.25, -0.2) is 4.57 Å².